The van der Waals surface area contributed by atoms with Gasteiger partial charge >= 0.3 is 0 Å². The Kier molecular flexibility index (Phi) is 7.98. The Morgan fingerprint density at radius 1 is 1.12 bits per heavy atom. The molecule has 0 radical (unpaired) electrons. The molecule has 176 valence electrons. The van der Waals surface area contributed by atoms with Crippen LogP contribution >= 0.6 is 11.3 Å². The predicted octanol–water partition coefficient (Wildman–Crippen LogP) is 3.45. The number of aromatic nitrogens is 1. The van der Waals surface area contributed by atoms with Crippen LogP contribution in [0.3, 0.4) is 0 Å². The van der Waals surface area contributed by atoms with Crippen LogP contribution in [0, 0.1) is 0 Å². The number of fused-ring (bicyclic) bond motifs is 1. The van der Waals surface area contributed by atoms with Gasteiger partial charge < -0.3 is 18.9 Å². The first kappa shape index (κ1) is 23.3. The van der Waals surface area contributed by atoms with Crippen molar-refractivity contribution >= 4 is 32.6 Å². The van der Waals surface area contributed by atoms with Gasteiger partial charge in [0.2, 0.25) is 0 Å². The smallest absolute Gasteiger partial charge is 0.266 e. The van der Waals surface area contributed by atoms with Crippen LogP contribution in [-0.4, -0.2) is 76.0 Å². The second-order valence-electron chi connectivity index (χ2n) is 7.62. The van der Waals surface area contributed by atoms with Gasteiger partial charge in [-0.15, -0.1) is 0 Å². The number of rotatable bonds is 10. The first-order valence-corrected chi connectivity index (χ1v) is 11.8. The number of methoxy groups -OCH3 is 2. The Balaban J connectivity index is 1.49. The summed E-state index contributed by atoms with van der Waals surface area (Å²) in [6.07, 6.45) is 0.833. The van der Waals surface area contributed by atoms with Crippen LogP contribution < -0.4 is 19.1 Å². The Bertz CT molecular complexity index is 1070. The van der Waals surface area contributed by atoms with E-state index in [0.29, 0.717) is 23.2 Å². The van der Waals surface area contributed by atoms with Crippen LogP contribution in [0.5, 0.6) is 17.2 Å². The lowest BCUT2D eigenvalue weighted by atomic mass is 10.3. The second kappa shape index (κ2) is 11.3. The highest BCUT2D eigenvalue weighted by molar-refractivity contribution is 7.22. The fraction of sp³-hybridized carbons (Fsp3) is 0.417. The van der Waals surface area contributed by atoms with Gasteiger partial charge in [-0.05, 0) is 36.8 Å². The van der Waals surface area contributed by atoms with E-state index in [1.165, 1.54) is 11.3 Å². The van der Waals surface area contributed by atoms with E-state index >= 15 is 0 Å². The minimum Gasteiger partial charge on any atom is -0.497 e. The SMILES string of the molecule is COc1ccc2nc(N(CCCN3CCOCC3)C(=O)COc3ccccc3OC)sc2c1. The summed E-state index contributed by atoms with van der Waals surface area (Å²) in [4.78, 5) is 22.1. The predicted molar refractivity (Wildman–Crippen MR) is 129 cm³/mol. The van der Waals surface area contributed by atoms with E-state index in [-0.39, 0.29) is 12.5 Å². The lowest BCUT2D eigenvalue weighted by Gasteiger charge is -2.27. The van der Waals surface area contributed by atoms with E-state index in [1.807, 2.05) is 30.3 Å². The normalized spacial score (nSPS) is 14.2. The number of para-hydroxylation sites is 2. The average molecular weight is 472 g/mol. The highest BCUT2D eigenvalue weighted by Gasteiger charge is 2.22. The van der Waals surface area contributed by atoms with Crippen LogP contribution in [0.1, 0.15) is 6.42 Å². The van der Waals surface area contributed by atoms with E-state index in [9.17, 15) is 4.79 Å². The summed E-state index contributed by atoms with van der Waals surface area (Å²) in [5.41, 5.74) is 0.840. The van der Waals surface area contributed by atoms with Gasteiger partial charge in [-0.2, -0.15) is 0 Å². The molecule has 0 bridgehead atoms. The van der Waals surface area contributed by atoms with Crippen molar-refractivity contribution in [2.45, 2.75) is 6.42 Å². The molecule has 0 spiro atoms. The molecule has 1 aliphatic heterocycles. The zero-order valence-corrected chi connectivity index (χ0v) is 19.8. The number of nitrogens with zero attached hydrogens (tertiary/aromatic N) is 3. The maximum atomic E-state index is 13.3. The van der Waals surface area contributed by atoms with E-state index in [2.05, 4.69) is 4.90 Å². The fourth-order valence-corrected chi connectivity index (χ4v) is 4.73. The summed E-state index contributed by atoms with van der Waals surface area (Å²) < 4.78 is 22.9. The molecule has 2 aromatic carbocycles. The van der Waals surface area contributed by atoms with Gasteiger partial charge in [0.1, 0.15) is 5.75 Å². The fourth-order valence-electron chi connectivity index (χ4n) is 3.69. The number of carbonyl (C=O) groups is 1. The molecule has 1 aromatic heterocycles. The summed E-state index contributed by atoms with van der Waals surface area (Å²) in [5, 5.41) is 0.661. The molecule has 1 saturated heterocycles. The van der Waals surface area contributed by atoms with Crippen molar-refractivity contribution in [3.63, 3.8) is 0 Å². The summed E-state index contributed by atoms with van der Waals surface area (Å²) in [5.74, 6) is 1.75. The number of morpholine rings is 1. The largest absolute Gasteiger partial charge is 0.497 e. The first-order valence-electron chi connectivity index (χ1n) is 11.0. The van der Waals surface area contributed by atoms with Crippen molar-refractivity contribution in [3.8, 4) is 17.2 Å². The number of ether oxygens (including phenoxy) is 4. The highest BCUT2D eigenvalue weighted by atomic mass is 32.1. The zero-order valence-electron chi connectivity index (χ0n) is 19.0. The minimum atomic E-state index is -0.145. The Morgan fingerprint density at radius 2 is 1.91 bits per heavy atom. The number of carbonyl (C=O) groups excluding carboxylic acids is 1. The molecule has 1 fully saturated rings. The van der Waals surface area contributed by atoms with Crippen LogP contribution in [0.25, 0.3) is 10.2 Å². The average Bonchev–Trinajstić information content (AvgIpc) is 3.28. The Hall–Kier alpha value is -2.88. The molecule has 0 aliphatic carbocycles. The summed E-state index contributed by atoms with van der Waals surface area (Å²) in [6.45, 7) is 4.72. The molecule has 0 N–H and O–H groups in total. The van der Waals surface area contributed by atoms with Crippen molar-refractivity contribution in [2.24, 2.45) is 0 Å². The standard InChI is InChI=1S/C24H29N3O5S/c1-29-18-8-9-19-22(16-18)33-24(25-19)27(11-5-10-26-12-14-31-15-13-26)23(28)17-32-21-7-4-3-6-20(21)30-2/h3-4,6-9,16H,5,10-15,17H2,1-2H3. The van der Waals surface area contributed by atoms with Gasteiger partial charge in [-0.3, -0.25) is 14.6 Å². The van der Waals surface area contributed by atoms with E-state index in [0.717, 1.165) is 55.2 Å². The third-order valence-electron chi connectivity index (χ3n) is 5.50. The molecule has 1 aliphatic rings. The molecular formula is C24H29N3O5S. The lowest BCUT2D eigenvalue weighted by Crippen LogP contribution is -2.40. The zero-order chi connectivity index (χ0) is 23.0. The molecule has 0 saturated carbocycles. The van der Waals surface area contributed by atoms with E-state index in [4.69, 9.17) is 23.9 Å². The highest BCUT2D eigenvalue weighted by Crippen LogP contribution is 2.32. The van der Waals surface area contributed by atoms with Crippen molar-refractivity contribution in [1.29, 1.82) is 0 Å². The molecule has 2 heterocycles. The molecule has 9 heteroatoms. The first-order chi connectivity index (χ1) is 16.2. The lowest BCUT2D eigenvalue weighted by molar-refractivity contribution is -0.120. The molecule has 8 nitrogen and oxygen atoms in total. The van der Waals surface area contributed by atoms with E-state index in [1.54, 1.807) is 31.3 Å². The van der Waals surface area contributed by atoms with Crippen LogP contribution in [0.2, 0.25) is 0 Å². The van der Waals surface area contributed by atoms with Gasteiger partial charge in [0.25, 0.3) is 5.91 Å². The van der Waals surface area contributed by atoms with Gasteiger partial charge in [0.15, 0.2) is 23.2 Å². The number of anilines is 1. The summed E-state index contributed by atoms with van der Waals surface area (Å²) in [7, 11) is 3.22. The topological polar surface area (TPSA) is 73.4 Å². The Morgan fingerprint density at radius 3 is 2.67 bits per heavy atom. The molecule has 1 amide bonds. The van der Waals surface area contributed by atoms with Gasteiger partial charge in [0, 0.05) is 26.2 Å². The molecule has 4 rings (SSSR count). The van der Waals surface area contributed by atoms with Crippen molar-refractivity contribution in [2.75, 3.05) is 65.1 Å². The van der Waals surface area contributed by atoms with Crippen molar-refractivity contribution in [1.82, 2.24) is 9.88 Å². The molecule has 0 atom stereocenters. The molecule has 3 aromatic rings. The van der Waals surface area contributed by atoms with Crippen LogP contribution in [-0.2, 0) is 9.53 Å². The number of benzene rings is 2. The van der Waals surface area contributed by atoms with Gasteiger partial charge in [0.05, 0.1) is 37.6 Å². The summed E-state index contributed by atoms with van der Waals surface area (Å²) >= 11 is 1.48. The van der Waals surface area contributed by atoms with Gasteiger partial charge in [-0.1, -0.05) is 23.5 Å². The van der Waals surface area contributed by atoms with E-state index < -0.39 is 0 Å². The maximum Gasteiger partial charge on any atom is 0.266 e. The number of thiazole rings is 1. The summed E-state index contributed by atoms with van der Waals surface area (Å²) in [6, 6.07) is 13.0. The third-order valence-corrected chi connectivity index (χ3v) is 6.54. The maximum absolute atomic E-state index is 13.3. The molecule has 33 heavy (non-hydrogen) atoms. The number of amides is 1. The third kappa shape index (κ3) is 5.93. The van der Waals surface area contributed by atoms with Crippen molar-refractivity contribution in [3.05, 3.63) is 42.5 Å². The molecule has 0 unspecified atom stereocenters. The number of hydrogen-bond acceptors (Lipinski definition) is 8. The van der Waals surface area contributed by atoms with Crippen molar-refractivity contribution < 1.29 is 23.7 Å². The number of hydrogen-bond donors (Lipinski definition) is 0. The van der Waals surface area contributed by atoms with Crippen LogP contribution in [0.15, 0.2) is 42.5 Å². The Labute approximate surface area is 197 Å². The quantitative estimate of drug-likeness (QED) is 0.448. The molecular weight excluding hydrogens is 442 g/mol. The van der Waals surface area contributed by atoms with Gasteiger partial charge in [-0.25, -0.2) is 4.98 Å². The minimum absolute atomic E-state index is 0.100. The second-order valence-corrected chi connectivity index (χ2v) is 8.63. The van der Waals surface area contributed by atoms with Crippen LogP contribution in [0.4, 0.5) is 5.13 Å². The monoisotopic (exact) mass is 471 g/mol.